The van der Waals surface area contributed by atoms with Gasteiger partial charge in [-0.15, -0.1) is 0 Å². The molecular weight excluding hydrogens is 179 g/mol. The number of hydrogen-bond donors (Lipinski definition) is 0. The summed E-state index contributed by atoms with van der Waals surface area (Å²) >= 11 is 5.30. The summed E-state index contributed by atoms with van der Waals surface area (Å²) < 4.78 is 36.8. The first kappa shape index (κ1) is 8.45. The first-order valence-electron chi connectivity index (χ1n) is 2.80. The molecule has 62 valence electrons. The number of hydrogen-bond acceptors (Lipinski definition) is 1. The summed E-state index contributed by atoms with van der Waals surface area (Å²) in [5.74, 6) is 0. The second-order valence-corrected chi connectivity index (χ2v) is 2.42. The van der Waals surface area contributed by atoms with Crippen molar-refractivity contribution in [2.45, 2.75) is 0 Å². The molecule has 0 bridgehead atoms. The fraction of sp³-hybridized carbons (Fsp3) is 0.250. The highest BCUT2D eigenvalue weighted by molar-refractivity contribution is 6.72. The van der Waals surface area contributed by atoms with Gasteiger partial charge in [-0.1, -0.05) is 0 Å². The number of aromatic nitrogens is 2. The molecule has 11 heavy (non-hydrogen) atoms. The molecule has 0 radical (unpaired) electrons. The van der Waals surface area contributed by atoms with Crippen LogP contribution >= 0.6 is 11.6 Å². The second-order valence-electron chi connectivity index (χ2n) is 2.09. The van der Waals surface area contributed by atoms with Gasteiger partial charge in [-0.25, -0.2) is 4.98 Å². The minimum Gasteiger partial charge on any atom is -0.444 e. The van der Waals surface area contributed by atoms with Crippen LogP contribution in [0.1, 0.15) is 0 Å². The average Bonchev–Trinajstić information content (AvgIpc) is 2.11. The Labute approximate surface area is 66.0 Å². The highest BCUT2D eigenvalue weighted by Gasteiger charge is 2.29. The van der Waals surface area contributed by atoms with E-state index in [1.165, 1.54) is 7.05 Å². The van der Waals surface area contributed by atoms with Gasteiger partial charge in [-0.3, -0.25) is 0 Å². The summed E-state index contributed by atoms with van der Waals surface area (Å²) in [4.78, 5) is 3.31. The molecule has 0 unspecified atom stereocenters. The Morgan fingerprint density at radius 3 is 2.27 bits per heavy atom. The molecule has 0 aliphatic rings. The van der Waals surface area contributed by atoms with E-state index in [0.717, 1.165) is 10.8 Å². The van der Waals surface area contributed by atoms with Gasteiger partial charge < -0.3 is 17.5 Å². The molecular formula is C4H4BClF3N2-. The Balaban J connectivity index is 3.15. The molecule has 0 fully saturated rings. The van der Waals surface area contributed by atoms with Crippen molar-refractivity contribution in [1.29, 1.82) is 0 Å². The minimum absolute atomic E-state index is 0.154. The first-order chi connectivity index (χ1) is 4.93. The Hall–Kier alpha value is -0.645. The lowest BCUT2D eigenvalue weighted by atomic mass is 9.87. The lowest BCUT2D eigenvalue weighted by Gasteiger charge is -2.14. The van der Waals surface area contributed by atoms with Gasteiger partial charge in [0.1, 0.15) is 0 Å². The topological polar surface area (TPSA) is 17.8 Å². The summed E-state index contributed by atoms with van der Waals surface area (Å²) in [5.41, 5.74) is -0.782. The Morgan fingerprint density at radius 2 is 2.09 bits per heavy atom. The Kier molecular flexibility index (Phi) is 1.88. The fourth-order valence-corrected chi connectivity index (χ4v) is 0.850. The highest BCUT2D eigenvalue weighted by atomic mass is 35.5. The summed E-state index contributed by atoms with van der Waals surface area (Å²) in [6, 6.07) is 0. The van der Waals surface area contributed by atoms with Crippen LogP contribution in [-0.2, 0) is 7.05 Å². The van der Waals surface area contributed by atoms with E-state index < -0.39 is 12.6 Å². The fourth-order valence-electron chi connectivity index (χ4n) is 0.703. The molecule has 0 spiro atoms. The third-order valence-electron chi connectivity index (χ3n) is 1.30. The Morgan fingerprint density at radius 1 is 1.55 bits per heavy atom. The van der Waals surface area contributed by atoms with Crippen molar-refractivity contribution < 1.29 is 12.9 Å². The third-order valence-corrected chi connectivity index (χ3v) is 1.65. The number of halogens is 4. The molecule has 0 N–H and O–H groups in total. The maximum absolute atomic E-state index is 12.0. The summed E-state index contributed by atoms with van der Waals surface area (Å²) in [6.07, 6.45) is 0.725. The molecule has 0 amide bonds. The van der Waals surface area contributed by atoms with Crippen LogP contribution in [0.4, 0.5) is 12.9 Å². The van der Waals surface area contributed by atoms with E-state index in [0.29, 0.717) is 0 Å². The maximum atomic E-state index is 12.0. The highest BCUT2D eigenvalue weighted by Crippen LogP contribution is 2.11. The maximum Gasteiger partial charge on any atom is 0.527 e. The van der Waals surface area contributed by atoms with Crippen LogP contribution in [-0.4, -0.2) is 16.5 Å². The smallest absolute Gasteiger partial charge is 0.444 e. The standard InChI is InChI=1S/C4H4BClF3N2/c1-11-3(5(7,8)9)2-10-4(11)6/h2H,1H3/q-1. The van der Waals surface area contributed by atoms with Crippen LogP contribution in [0.2, 0.25) is 5.28 Å². The lowest BCUT2D eigenvalue weighted by molar-refractivity contribution is 0.495. The van der Waals surface area contributed by atoms with Crippen molar-refractivity contribution in [2.75, 3.05) is 0 Å². The van der Waals surface area contributed by atoms with Crippen molar-refractivity contribution in [3.8, 4) is 0 Å². The van der Waals surface area contributed by atoms with Crippen LogP contribution in [0.15, 0.2) is 6.20 Å². The molecule has 2 nitrogen and oxygen atoms in total. The van der Waals surface area contributed by atoms with Gasteiger partial charge >= 0.3 is 6.98 Å². The average molecular weight is 183 g/mol. The van der Waals surface area contributed by atoms with Gasteiger partial charge in [0, 0.05) is 13.2 Å². The zero-order valence-corrected chi connectivity index (χ0v) is 6.32. The van der Waals surface area contributed by atoms with E-state index in [1.807, 2.05) is 0 Å². The number of rotatable bonds is 1. The van der Waals surface area contributed by atoms with Crippen molar-refractivity contribution in [1.82, 2.24) is 9.55 Å². The summed E-state index contributed by atoms with van der Waals surface area (Å²) in [6.45, 7) is -4.99. The van der Waals surface area contributed by atoms with Crippen molar-refractivity contribution in [3.63, 3.8) is 0 Å². The Bertz CT molecular complexity index is 269. The van der Waals surface area contributed by atoms with E-state index in [4.69, 9.17) is 11.6 Å². The molecule has 0 saturated carbocycles. The molecule has 1 heterocycles. The molecule has 0 aliphatic heterocycles. The molecule has 0 atom stereocenters. The number of nitrogens with zero attached hydrogens (tertiary/aromatic N) is 2. The second kappa shape index (κ2) is 2.44. The van der Waals surface area contributed by atoms with Crippen molar-refractivity contribution in [3.05, 3.63) is 11.5 Å². The zero-order valence-electron chi connectivity index (χ0n) is 5.56. The van der Waals surface area contributed by atoms with E-state index >= 15 is 0 Å². The van der Waals surface area contributed by atoms with Gasteiger partial charge in [0.15, 0.2) is 5.28 Å². The molecule has 7 heteroatoms. The van der Waals surface area contributed by atoms with Crippen LogP contribution in [0.3, 0.4) is 0 Å². The predicted molar refractivity (Wildman–Crippen MR) is 36.9 cm³/mol. The first-order valence-corrected chi connectivity index (χ1v) is 3.18. The third kappa shape index (κ3) is 1.50. The van der Waals surface area contributed by atoms with Crippen LogP contribution in [0.5, 0.6) is 0 Å². The lowest BCUT2D eigenvalue weighted by Crippen LogP contribution is -2.38. The van der Waals surface area contributed by atoms with Gasteiger partial charge in [0.2, 0.25) is 0 Å². The number of imidazole rings is 1. The van der Waals surface area contributed by atoms with Crippen LogP contribution < -0.4 is 5.59 Å². The largest absolute Gasteiger partial charge is 0.527 e. The molecule has 0 saturated heterocycles. The van der Waals surface area contributed by atoms with Crippen LogP contribution in [0.25, 0.3) is 0 Å². The SMILES string of the molecule is Cn1c([B-](F)(F)F)cnc1Cl. The van der Waals surface area contributed by atoms with Gasteiger partial charge in [-0.05, 0) is 17.2 Å². The van der Waals surface area contributed by atoms with E-state index in [9.17, 15) is 12.9 Å². The zero-order chi connectivity index (χ0) is 8.65. The quantitative estimate of drug-likeness (QED) is 0.597. The molecule has 0 aliphatic carbocycles. The van der Waals surface area contributed by atoms with Gasteiger partial charge in [-0.2, -0.15) is 0 Å². The van der Waals surface area contributed by atoms with Crippen molar-refractivity contribution in [2.24, 2.45) is 7.05 Å². The van der Waals surface area contributed by atoms with E-state index in [-0.39, 0.29) is 5.28 Å². The van der Waals surface area contributed by atoms with Crippen LogP contribution in [0, 0.1) is 0 Å². The van der Waals surface area contributed by atoms with Gasteiger partial charge in [0.25, 0.3) is 0 Å². The molecule has 0 aromatic carbocycles. The molecule has 1 aromatic heterocycles. The normalized spacial score (nSPS) is 12.1. The monoisotopic (exact) mass is 183 g/mol. The van der Waals surface area contributed by atoms with E-state index in [2.05, 4.69) is 4.98 Å². The minimum atomic E-state index is -4.99. The van der Waals surface area contributed by atoms with E-state index in [1.54, 1.807) is 0 Å². The molecule has 1 rings (SSSR count). The summed E-state index contributed by atoms with van der Waals surface area (Å²) in [5, 5.41) is -0.154. The molecule has 1 aromatic rings. The van der Waals surface area contributed by atoms with Crippen molar-refractivity contribution >= 4 is 24.2 Å². The summed E-state index contributed by atoms with van der Waals surface area (Å²) in [7, 11) is 1.22. The van der Waals surface area contributed by atoms with Gasteiger partial charge in [0.05, 0.1) is 0 Å². The predicted octanol–water partition coefficient (Wildman–Crippen LogP) is 1.13.